The number of carbonyl (C=O) groups is 1. The van der Waals surface area contributed by atoms with E-state index >= 15 is 0 Å². The Labute approximate surface area is 128 Å². The molecule has 1 rings (SSSR count). The van der Waals surface area contributed by atoms with Gasteiger partial charge in [0, 0.05) is 25.0 Å². The molecule has 2 amide bonds. The zero-order valence-corrected chi connectivity index (χ0v) is 13.8. The molecule has 0 aromatic carbocycles. The second-order valence-electron chi connectivity index (χ2n) is 6.70. The molecular weight excluding hydrogens is 264 g/mol. The van der Waals surface area contributed by atoms with Gasteiger partial charge in [-0.25, -0.2) is 4.79 Å². The van der Waals surface area contributed by atoms with Gasteiger partial charge >= 0.3 is 6.03 Å². The van der Waals surface area contributed by atoms with Gasteiger partial charge in [-0.15, -0.1) is 0 Å². The van der Waals surface area contributed by atoms with Gasteiger partial charge in [-0.2, -0.15) is 0 Å². The summed E-state index contributed by atoms with van der Waals surface area (Å²) in [7, 11) is 4.09. The van der Waals surface area contributed by atoms with Gasteiger partial charge in [0.15, 0.2) is 0 Å². The molecule has 5 nitrogen and oxygen atoms in total. The van der Waals surface area contributed by atoms with E-state index in [0.717, 1.165) is 18.5 Å². The third-order valence-electron chi connectivity index (χ3n) is 3.39. The topological polar surface area (TPSA) is 57.3 Å². The first-order chi connectivity index (χ1) is 9.79. The average Bonchev–Trinajstić information content (AvgIpc) is 2.41. The van der Waals surface area contributed by atoms with Crippen molar-refractivity contribution < 1.29 is 4.79 Å². The van der Waals surface area contributed by atoms with Crippen LogP contribution in [-0.4, -0.2) is 42.6 Å². The number of rotatable bonds is 6. The molecule has 1 aromatic heterocycles. The van der Waals surface area contributed by atoms with Gasteiger partial charge < -0.3 is 15.5 Å². The second-order valence-corrected chi connectivity index (χ2v) is 6.70. The van der Waals surface area contributed by atoms with Crippen molar-refractivity contribution >= 4 is 6.03 Å². The lowest BCUT2D eigenvalue weighted by Gasteiger charge is -2.32. The van der Waals surface area contributed by atoms with E-state index in [1.54, 1.807) is 12.4 Å². The van der Waals surface area contributed by atoms with E-state index in [9.17, 15) is 4.79 Å². The molecule has 1 heterocycles. The van der Waals surface area contributed by atoms with Crippen molar-refractivity contribution in [3.05, 3.63) is 30.1 Å². The molecule has 0 saturated carbocycles. The van der Waals surface area contributed by atoms with Crippen LogP contribution < -0.4 is 10.6 Å². The summed E-state index contributed by atoms with van der Waals surface area (Å²) in [5, 5.41) is 5.97. The molecule has 0 aliphatic rings. The summed E-state index contributed by atoms with van der Waals surface area (Å²) < 4.78 is 0. The number of nitrogens with zero attached hydrogens (tertiary/aromatic N) is 2. The maximum atomic E-state index is 12.1. The first-order valence-electron chi connectivity index (χ1n) is 7.37. The Kier molecular flexibility index (Phi) is 6.62. The summed E-state index contributed by atoms with van der Waals surface area (Å²) in [5.41, 5.74) is 1.02. The quantitative estimate of drug-likeness (QED) is 0.845. The number of urea groups is 1. The molecule has 21 heavy (non-hydrogen) atoms. The number of hydrogen-bond donors (Lipinski definition) is 2. The van der Waals surface area contributed by atoms with Crippen LogP contribution in [0.25, 0.3) is 0 Å². The van der Waals surface area contributed by atoms with Crippen LogP contribution in [0.15, 0.2) is 24.5 Å². The van der Waals surface area contributed by atoms with Crippen LogP contribution >= 0.6 is 0 Å². The summed E-state index contributed by atoms with van der Waals surface area (Å²) in [5.74, 6) is 0. The lowest BCUT2D eigenvalue weighted by atomic mass is 9.85. The van der Waals surface area contributed by atoms with E-state index < -0.39 is 0 Å². The Hall–Kier alpha value is -1.62. The van der Waals surface area contributed by atoms with Crippen LogP contribution in [0.3, 0.4) is 0 Å². The molecule has 0 saturated heterocycles. The van der Waals surface area contributed by atoms with Gasteiger partial charge in [-0.05, 0) is 44.1 Å². The highest BCUT2D eigenvalue weighted by Gasteiger charge is 2.25. The molecule has 0 radical (unpaired) electrons. The Morgan fingerprint density at radius 2 is 2.10 bits per heavy atom. The van der Waals surface area contributed by atoms with Gasteiger partial charge in [0.1, 0.15) is 0 Å². The van der Waals surface area contributed by atoms with Gasteiger partial charge in [0.05, 0.1) is 0 Å². The molecule has 1 aromatic rings. The highest BCUT2D eigenvalue weighted by molar-refractivity contribution is 5.74. The minimum Gasteiger partial charge on any atom is -0.335 e. The maximum absolute atomic E-state index is 12.1. The predicted molar refractivity (Wildman–Crippen MR) is 86.0 cm³/mol. The molecule has 0 aliphatic heterocycles. The molecule has 0 bridgehead atoms. The minimum atomic E-state index is -0.127. The van der Waals surface area contributed by atoms with Gasteiger partial charge in [0.25, 0.3) is 0 Å². The summed E-state index contributed by atoms with van der Waals surface area (Å²) in [6.07, 6.45) is 4.41. The van der Waals surface area contributed by atoms with Crippen molar-refractivity contribution in [1.29, 1.82) is 0 Å². The number of nitrogens with one attached hydrogen (secondary N) is 2. The average molecular weight is 292 g/mol. The van der Waals surface area contributed by atoms with Crippen molar-refractivity contribution in [3.63, 3.8) is 0 Å². The number of hydrogen-bond acceptors (Lipinski definition) is 3. The van der Waals surface area contributed by atoms with Crippen molar-refractivity contribution in [2.45, 2.75) is 39.8 Å². The molecule has 5 heteroatoms. The second kappa shape index (κ2) is 7.98. The Bertz CT molecular complexity index is 426. The summed E-state index contributed by atoms with van der Waals surface area (Å²) >= 11 is 0. The molecule has 118 valence electrons. The van der Waals surface area contributed by atoms with E-state index in [2.05, 4.69) is 41.3 Å². The summed E-state index contributed by atoms with van der Waals surface area (Å²) in [4.78, 5) is 18.2. The van der Waals surface area contributed by atoms with Crippen LogP contribution in [0.4, 0.5) is 4.79 Å². The van der Waals surface area contributed by atoms with Gasteiger partial charge in [-0.3, -0.25) is 4.98 Å². The van der Waals surface area contributed by atoms with Crippen molar-refractivity contribution in [1.82, 2.24) is 20.5 Å². The lowest BCUT2D eigenvalue weighted by molar-refractivity contribution is 0.206. The molecule has 0 spiro atoms. The first kappa shape index (κ1) is 17.4. The normalized spacial score (nSPS) is 13.0. The number of pyridine rings is 1. The van der Waals surface area contributed by atoms with Crippen molar-refractivity contribution in [2.24, 2.45) is 5.41 Å². The molecule has 0 fully saturated rings. The third-order valence-corrected chi connectivity index (χ3v) is 3.39. The Morgan fingerprint density at radius 3 is 2.62 bits per heavy atom. The molecule has 2 N–H and O–H groups in total. The van der Waals surface area contributed by atoms with Crippen molar-refractivity contribution in [2.75, 3.05) is 20.6 Å². The largest absolute Gasteiger partial charge is 0.335 e. The van der Waals surface area contributed by atoms with Crippen LogP contribution in [0.2, 0.25) is 0 Å². The molecular formula is C16H28N4O. The van der Waals surface area contributed by atoms with Crippen molar-refractivity contribution in [3.8, 4) is 0 Å². The minimum absolute atomic E-state index is 0.0294. The van der Waals surface area contributed by atoms with E-state index in [0.29, 0.717) is 6.54 Å². The maximum Gasteiger partial charge on any atom is 0.315 e. The molecule has 0 unspecified atom stereocenters. The molecule has 1 atom stereocenters. The van der Waals surface area contributed by atoms with Crippen LogP contribution in [0.5, 0.6) is 0 Å². The fraction of sp³-hybridized carbons (Fsp3) is 0.625. The highest BCUT2D eigenvalue weighted by atomic mass is 16.2. The van der Waals surface area contributed by atoms with Crippen LogP contribution in [0, 0.1) is 5.41 Å². The Balaban J connectivity index is 2.48. The van der Waals surface area contributed by atoms with E-state index in [1.165, 1.54) is 0 Å². The zero-order valence-electron chi connectivity index (χ0n) is 13.8. The summed E-state index contributed by atoms with van der Waals surface area (Å²) in [6, 6.07) is 3.82. The number of aromatic nitrogens is 1. The fourth-order valence-corrected chi connectivity index (χ4v) is 2.00. The smallest absolute Gasteiger partial charge is 0.315 e. The van der Waals surface area contributed by atoms with Gasteiger partial charge in [0.2, 0.25) is 0 Å². The van der Waals surface area contributed by atoms with Crippen LogP contribution in [0.1, 0.15) is 32.8 Å². The monoisotopic (exact) mass is 292 g/mol. The molecule has 0 aliphatic carbocycles. The SMILES string of the molecule is CN(C)CC[C@@H](NC(=O)NCc1cccnc1)C(C)(C)C. The number of amides is 2. The van der Waals surface area contributed by atoms with Gasteiger partial charge in [-0.1, -0.05) is 26.8 Å². The standard InChI is InChI=1S/C16H28N4O/c1-16(2,3)14(8-10-20(4)5)19-15(21)18-12-13-7-6-9-17-11-13/h6-7,9,11,14H,8,10,12H2,1-5H3,(H2,18,19,21)/t14-/m1/s1. The highest BCUT2D eigenvalue weighted by Crippen LogP contribution is 2.21. The Morgan fingerprint density at radius 1 is 1.38 bits per heavy atom. The van der Waals surface area contributed by atoms with E-state index in [1.807, 2.05) is 26.2 Å². The lowest BCUT2D eigenvalue weighted by Crippen LogP contribution is -2.48. The zero-order chi connectivity index (χ0) is 15.9. The third kappa shape index (κ3) is 7.09. The van der Waals surface area contributed by atoms with E-state index in [4.69, 9.17) is 0 Å². The van der Waals surface area contributed by atoms with E-state index in [-0.39, 0.29) is 17.5 Å². The first-order valence-corrected chi connectivity index (χ1v) is 7.37. The predicted octanol–water partition coefficient (Wildman–Crippen LogP) is 2.25. The van der Waals surface area contributed by atoms with Crippen LogP contribution in [-0.2, 0) is 6.54 Å². The number of carbonyl (C=O) groups excluding carboxylic acids is 1. The fourth-order valence-electron chi connectivity index (χ4n) is 2.00. The summed E-state index contributed by atoms with van der Waals surface area (Å²) in [6.45, 7) is 7.88.